The van der Waals surface area contributed by atoms with Crippen LogP contribution in [0.4, 0.5) is 29.3 Å². The lowest BCUT2D eigenvalue weighted by atomic mass is 9.78. The van der Waals surface area contributed by atoms with Crippen LogP contribution in [0.15, 0.2) is 18.2 Å². The molecule has 35 heavy (non-hydrogen) atoms. The van der Waals surface area contributed by atoms with Crippen LogP contribution < -0.4 is 9.80 Å². The SMILES string of the molecule is CC(C)N(C(=O)O)c1ccc(N2CCC[C@]3(CCN([C@H]4CC[C@H](O)CC4)C3=O)C2)c(C(F)(F)F)c1. The third-order valence-electron chi connectivity index (χ3n) is 7.86. The number of carbonyl (C=O) groups is 2. The van der Waals surface area contributed by atoms with E-state index in [1.54, 1.807) is 18.7 Å². The summed E-state index contributed by atoms with van der Waals surface area (Å²) in [4.78, 5) is 29.7. The lowest BCUT2D eigenvalue weighted by molar-refractivity contribution is -0.139. The maximum Gasteiger partial charge on any atom is 0.418 e. The maximum atomic E-state index is 14.1. The number of nitrogens with zero attached hydrogens (tertiary/aromatic N) is 3. The van der Waals surface area contributed by atoms with E-state index >= 15 is 0 Å². The van der Waals surface area contributed by atoms with Crippen LogP contribution >= 0.6 is 0 Å². The molecule has 0 bridgehead atoms. The molecule has 1 spiro atoms. The van der Waals surface area contributed by atoms with Gasteiger partial charge >= 0.3 is 12.3 Å². The number of benzene rings is 1. The highest BCUT2D eigenvalue weighted by molar-refractivity contribution is 5.88. The van der Waals surface area contributed by atoms with Crippen molar-refractivity contribution in [1.82, 2.24) is 4.90 Å². The molecule has 2 saturated heterocycles. The lowest BCUT2D eigenvalue weighted by Crippen LogP contribution is -2.50. The van der Waals surface area contributed by atoms with E-state index in [0.717, 1.165) is 23.8 Å². The highest BCUT2D eigenvalue weighted by Crippen LogP contribution is 2.46. The average molecular weight is 498 g/mol. The largest absolute Gasteiger partial charge is 0.465 e. The lowest BCUT2D eigenvalue weighted by Gasteiger charge is -2.42. The van der Waals surface area contributed by atoms with Gasteiger partial charge in [-0.15, -0.1) is 0 Å². The van der Waals surface area contributed by atoms with Crippen LogP contribution in [0, 0.1) is 5.41 Å². The minimum absolute atomic E-state index is 0.0125. The van der Waals surface area contributed by atoms with Crippen molar-refractivity contribution in [2.24, 2.45) is 5.41 Å². The number of alkyl halides is 3. The number of piperidine rings is 1. The van der Waals surface area contributed by atoms with Gasteiger partial charge in [0.05, 0.1) is 17.1 Å². The van der Waals surface area contributed by atoms with Crippen molar-refractivity contribution in [2.45, 2.75) is 83.2 Å². The first-order valence-corrected chi connectivity index (χ1v) is 12.4. The molecule has 3 aliphatic rings. The predicted octanol–water partition coefficient (Wildman–Crippen LogP) is 4.72. The number of rotatable bonds is 4. The summed E-state index contributed by atoms with van der Waals surface area (Å²) in [5.41, 5.74) is -1.64. The Morgan fingerprint density at radius 3 is 2.43 bits per heavy atom. The zero-order chi connectivity index (χ0) is 25.5. The van der Waals surface area contributed by atoms with Gasteiger partial charge in [-0.1, -0.05) is 0 Å². The van der Waals surface area contributed by atoms with Crippen LogP contribution in [-0.4, -0.2) is 64.9 Å². The summed E-state index contributed by atoms with van der Waals surface area (Å²) < 4.78 is 42.4. The Balaban J connectivity index is 1.61. The highest BCUT2D eigenvalue weighted by Gasteiger charge is 2.51. The van der Waals surface area contributed by atoms with Crippen LogP contribution in [0.2, 0.25) is 0 Å². The van der Waals surface area contributed by atoms with E-state index in [4.69, 9.17) is 0 Å². The fraction of sp³-hybridized carbons (Fsp3) is 0.680. The number of halogens is 3. The number of amides is 2. The Morgan fingerprint density at radius 2 is 1.83 bits per heavy atom. The van der Waals surface area contributed by atoms with E-state index < -0.39 is 29.3 Å². The van der Waals surface area contributed by atoms with Crippen LogP contribution in [0.5, 0.6) is 0 Å². The van der Waals surface area contributed by atoms with E-state index in [0.29, 0.717) is 45.2 Å². The third-order valence-corrected chi connectivity index (χ3v) is 7.86. The number of anilines is 2. The van der Waals surface area contributed by atoms with Crippen molar-refractivity contribution in [2.75, 3.05) is 29.4 Å². The summed E-state index contributed by atoms with van der Waals surface area (Å²) in [6.07, 6.45) is -1.61. The van der Waals surface area contributed by atoms with Crippen molar-refractivity contribution in [3.05, 3.63) is 23.8 Å². The molecule has 2 heterocycles. The smallest absolute Gasteiger partial charge is 0.418 e. The molecular weight excluding hydrogens is 463 g/mol. The number of likely N-dealkylation sites (tertiary alicyclic amines) is 1. The van der Waals surface area contributed by atoms with Gasteiger partial charge < -0.3 is 20.0 Å². The van der Waals surface area contributed by atoms with Gasteiger partial charge in [-0.2, -0.15) is 13.2 Å². The maximum absolute atomic E-state index is 14.1. The molecule has 4 rings (SSSR count). The summed E-state index contributed by atoms with van der Waals surface area (Å²) in [6, 6.07) is 3.22. The molecule has 7 nitrogen and oxygen atoms in total. The molecule has 0 unspecified atom stereocenters. The molecule has 0 aromatic heterocycles. The molecule has 0 radical (unpaired) electrons. The second-order valence-corrected chi connectivity index (χ2v) is 10.5. The molecule has 2 aliphatic heterocycles. The zero-order valence-electron chi connectivity index (χ0n) is 20.2. The highest BCUT2D eigenvalue weighted by atomic mass is 19.4. The Labute approximate surface area is 203 Å². The first kappa shape index (κ1) is 25.6. The van der Waals surface area contributed by atoms with Gasteiger partial charge in [-0.3, -0.25) is 9.69 Å². The molecule has 2 amide bonds. The summed E-state index contributed by atoms with van der Waals surface area (Å²) in [6.45, 7) is 4.43. The minimum Gasteiger partial charge on any atom is -0.465 e. The zero-order valence-corrected chi connectivity index (χ0v) is 20.2. The molecule has 194 valence electrons. The van der Waals surface area contributed by atoms with Gasteiger partial charge in [-0.05, 0) is 77.0 Å². The molecule has 10 heteroatoms. The Kier molecular flexibility index (Phi) is 6.96. The number of hydrogen-bond acceptors (Lipinski definition) is 4. The van der Waals surface area contributed by atoms with E-state index in [-0.39, 0.29) is 36.0 Å². The molecule has 1 saturated carbocycles. The van der Waals surface area contributed by atoms with Crippen LogP contribution in [0.3, 0.4) is 0 Å². The first-order valence-electron chi connectivity index (χ1n) is 12.4. The van der Waals surface area contributed by atoms with Crippen molar-refractivity contribution < 1.29 is 33.0 Å². The van der Waals surface area contributed by atoms with Crippen LogP contribution in [0.1, 0.15) is 64.4 Å². The van der Waals surface area contributed by atoms with E-state index in [1.807, 2.05) is 4.90 Å². The number of carboxylic acid groups (broad SMARTS) is 1. The number of aliphatic hydroxyl groups excluding tert-OH is 1. The molecule has 3 fully saturated rings. The van der Waals surface area contributed by atoms with Gasteiger partial charge in [0.15, 0.2) is 0 Å². The first-order chi connectivity index (χ1) is 16.4. The van der Waals surface area contributed by atoms with E-state index in [2.05, 4.69) is 0 Å². The van der Waals surface area contributed by atoms with Crippen LogP contribution in [0.25, 0.3) is 0 Å². The Hall–Kier alpha value is -2.49. The van der Waals surface area contributed by atoms with Crippen molar-refractivity contribution in [1.29, 1.82) is 0 Å². The number of aliphatic hydroxyl groups is 1. The normalized spacial score (nSPS) is 27.7. The summed E-state index contributed by atoms with van der Waals surface area (Å²) in [5.74, 6) is 0.0191. The molecular formula is C25H34F3N3O4. The second kappa shape index (κ2) is 9.52. The van der Waals surface area contributed by atoms with Crippen molar-refractivity contribution in [3.8, 4) is 0 Å². The van der Waals surface area contributed by atoms with Crippen molar-refractivity contribution >= 4 is 23.4 Å². The Morgan fingerprint density at radius 1 is 1.14 bits per heavy atom. The molecule has 1 aliphatic carbocycles. The van der Waals surface area contributed by atoms with Crippen molar-refractivity contribution in [3.63, 3.8) is 0 Å². The van der Waals surface area contributed by atoms with Gasteiger partial charge in [-0.25, -0.2) is 4.79 Å². The summed E-state index contributed by atoms with van der Waals surface area (Å²) in [5, 5.41) is 19.3. The van der Waals surface area contributed by atoms with Gasteiger partial charge in [0.25, 0.3) is 0 Å². The molecule has 1 aromatic carbocycles. The van der Waals surface area contributed by atoms with E-state index in [1.165, 1.54) is 12.1 Å². The Bertz CT molecular complexity index is 962. The standard InChI is InChI=1S/C25H34F3N3O4/c1-16(2)31(23(34)35)18-6-9-21(20(14-18)25(26,27)28)29-12-3-10-24(15-29)11-13-30(22(24)33)17-4-7-19(32)8-5-17/h6,9,14,16-17,19,32H,3-5,7-8,10-13,15H2,1-2H3,(H,34,35)/t17-,19-,24-/m0/s1. The van der Waals surface area contributed by atoms with Gasteiger partial charge in [0, 0.05) is 43.1 Å². The van der Waals surface area contributed by atoms with Gasteiger partial charge in [0.2, 0.25) is 5.91 Å². The van der Waals surface area contributed by atoms with E-state index in [9.17, 15) is 33.0 Å². The van der Waals surface area contributed by atoms with Gasteiger partial charge in [0.1, 0.15) is 0 Å². The number of hydrogen-bond donors (Lipinski definition) is 2. The summed E-state index contributed by atoms with van der Waals surface area (Å²) >= 11 is 0. The monoisotopic (exact) mass is 497 g/mol. The fourth-order valence-corrected chi connectivity index (χ4v) is 6.09. The topological polar surface area (TPSA) is 84.3 Å². The quantitative estimate of drug-likeness (QED) is 0.629. The average Bonchev–Trinajstić information content (AvgIpc) is 3.08. The second-order valence-electron chi connectivity index (χ2n) is 10.5. The minimum atomic E-state index is -4.67. The van der Waals surface area contributed by atoms with Crippen LogP contribution in [-0.2, 0) is 11.0 Å². The summed E-state index contributed by atoms with van der Waals surface area (Å²) in [7, 11) is 0. The molecule has 2 N–H and O–H groups in total. The molecule has 1 aromatic rings. The third kappa shape index (κ3) is 4.94. The fourth-order valence-electron chi connectivity index (χ4n) is 6.09. The number of carbonyl (C=O) groups excluding carboxylic acids is 1. The molecule has 1 atom stereocenters. The predicted molar refractivity (Wildman–Crippen MR) is 126 cm³/mol.